The summed E-state index contributed by atoms with van der Waals surface area (Å²) in [5.74, 6) is 0. The van der Waals surface area contributed by atoms with E-state index < -0.39 is 0 Å². The highest BCUT2D eigenvalue weighted by atomic mass is 15.0. The summed E-state index contributed by atoms with van der Waals surface area (Å²) in [6.07, 6.45) is 2.55. The smallest absolute Gasteiger partial charge is 0.00791 e. The van der Waals surface area contributed by atoms with Gasteiger partial charge >= 0.3 is 0 Å². The van der Waals surface area contributed by atoms with Gasteiger partial charge in [0.05, 0.1) is 0 Å². The first-order valence-electron chi connectivity index (χ1n) is 7.13. The minimum Gasteiger partial charge on any atom is -0.315 e. The molecule has 104 valence electrons. The van der Waals surface area contributed by atoms with Crippen molar-refractivity contribution in [1.82, 2.24) is 21.3 Å². The van der Waals surface area contributed by atoms with Crippen LogP contribution in [0.25, 0.3) is 0 Å². The van der Waals surface area contributed by atoms with Crippen molar-refractivity contribution in [3.63, 3.8) is 0 Å². The molecule has 0 aliphatic heterocycles. The second-order valence-corrected chi connectivity index (χ2v) is 4.71. The molecule has 0 aromatic carbocycles. The molecule has 0 aromatic rings. The number of nitrogens with one attached hydrogen (secondary N) is 4. The Hall–Kier alpha value is -0.160. The lowest BCUT2D eigenvalue weighted by molar-refractivity contribution is 0.539. The Bertz CT molecular complexity index is 139. The molecule has 0 bridgehead atoms. The Labute approximate surface area is 107 Å². The second-order valence-electron chi connectivity index (χ2n) is 4.71. The van der Waals surface area contributed by atoms with E-state index in [1.54, 1.807) is 0 Å². The van der Waals surface area contributed by atoms with Gasteiger partial charge in [-0.2, -0.15) is 0 Å². The number of unbranched alkanes of at least 4 members (excludes halogenated alkanes) is 1. The van der Waals surface area contributed by atoms with E-state index in [1.807, 2.05) is 0 Å². The largest absolute Gasteiger partial charge is 0.315 e. The Kier molecular flexibility index (Phi) is 13.8. The fraction of sp³-hybridized carbons (Fsp3) is 1.00. The molecule has 0 unspecified atom stereocenters. The van der Waals surface area contributed by atoms with Crippen molar-refractivity contribution in [3.8, 4) is 0 Å². The van der Waals surface area contributed by atoms with Gasteiger partial charge < -0.3 is 21.3 Å². The minimum atomic E-state index is 0.587. The van der Waals surface area contributed by atoms with E-state index in [9.17, 15) is 0 Å². The molecule has 0 atom stereocenters. The molecular formula is C13H32N4. The van der Waals surface area contributed by atoms with Gasteiger partial charge in [0.1, 0.15) is 0 Å². The lowest BCUT2D eigenvalue weighted by atomic mass is 10.3. The highest BCUT2D eigenvalue weighted by Gasteiger charge is 1.91. The maximum Gasteiger partial charge on any atom is 0.00791 e. The van der Waals surface area contributed by atoms with Crippen LogP contribution in [0.1, 0.15) is 33.6 Å². The van der Waals surface area contributed by atoms with E-state index in [0.717, 1.165) is 45.8 Å². The fourth-order valence-corrected chi connectivity index (χ4v) is 1.48. The van der Waals surface area contributed by atoms with Crippen LogP contribution in [0.2, 0.25) is 0 Å². The van der Waals surface area contributed by atoms with E-state index >= 15 is 0 Å². The Morgan fingerprint density at radius 2 is 1.18 bits per heavy atom. The molecular weight excluding hydrogens is 212 g/mol. The van der Waals surface area contributed by atoms with Crippen molar-refractivity contribution < 1.29 is 0 Å². The van der Waals surface area contributed by atoms with Crippen LogP contribution >= 0.6 is 0 Å². The monoisotopic (exact) mass is 244 g/mol. The van der Waals surface area contributed by atoms with Crippen LogP contribution in [0, 0.1) is 0 Å². The van der Waals surface area contributed by atoms with Crippen LogP contribution < -0.4 is 21.3 Å². The number of hydrogen-bond donors (Lipinski definition) is 4. The molecule has 0 amide bonds. The molecule has 0 aliphatic rings. The first kappa shape index (κ1) is 16.8. The highest BCUT2D eigenvalue weighted by molar-refractivity contribution is 4.58. The minimum absolute atomic E-state index is 0.587. The number of rotatable bonds is 13. The van der Waals surface area contributed by atoms with Gasteiger partial charge in [-0.15, -0.1) is 0 Å². The summed E-state index contributed by atoms with van der Waals surface area (Å²) in [5, 5.41) is 13.6. The summed E-state index contributed by atoms with van der Waals surface area (Å²) in [7, 11) is 0. The van der Waals surface area contributed by atoms with E-state index in [4.69, 9.17) is 0 Å². The van der Waals surface area contributed by atoms with Crippen LogP contribution in [0.5, 0.6) is 0 Å². The first-order valence-corrected chi connectivity index (χ1v) is 7.13. The van der Waals surface area contributed by atoms with Gasteiger partial charge in [-0.25, -0.2) is 0 Å². The first-order chi connectivity index (χ1) is 8.27. The second kappa shape index (κ2) is 13.9. The molecule has 4 N–H and O–H groups in total. The van der Waals surface area contributed by atoms with Gasteiger partial charge in [0.15, 0.2) is 0 Å². The van der Waals surface area contributed by atoms with Gasteiger partial charge in [0.25, 0.3) is 0 Å². The Morgan fingerprint density at radius 3 is 1.65 bits per heavy atom. The maximum absolute atomic E-state index is 3.42. The molecule has 17 heavy (non-hydrogen) atoms. The third-order valence-electron chi connectivity index (χ3n) is 2.52. The van der Waals surface area contributed by atoms with Gasteiger partial charge in [-0.3, -0.25) is 0 Å². The van der Waals surface area contributed by atoms with Crippen molar-refractivity contribution in [2.24, 2.45) is 0 Å². The Morgan fingerprint density at radius 1 is 0.706 bits per heavy atom. The van der Waals surface area contributed by atoms with E-state index in [-0.39, 0.29) is 0 Å². The molecule has 0 aromatic heterocycles. The van der Waals surface area contributed by atoms with Crippen LogP contribution in [-0.2, 0) is 0 Å². The molecule has 4 nitrogen and oxygen atoms in total. The molecule has 0 heterocycles. The SMILES string of the molecule is CCCCNCCNCCNCCNC(C)C. The van der Waals surface area contributed by atoms with Crippen molar-refractivity contribution in [2.45, 2.75) is 39.7 Å². The topological polar surface area (TPSA) is 48.1 Å². The molecule has 0 saturated heterocycles. The average Bonchev–Trinajstić information content (AvgIpc) is 2.30. The third kappa shape index (κ3) is 15.8. The van der Waals surface area contributed by atoms with E-state index in [2.05, 4.69) is 42.0 Å². The summed E-state index contributed by atoms with van der Waals surface area (Å²) < 4.78 is 0. The van der Waals surface area contributed by atoms with Crippen molar-refractivity contribution in [2.75, 3.05) is 45.8 Å². The predicted molar refractivity (Wildman–Crippen MR) is 76.7 cm³/mol. The van der Waals surface area contributed by atoms with Crippen LogP contribution in [-0.4, -0.2) is 51.9 Å². The fourth-order valence-electron chi connectivity index (χ4n) is 1.48. The van der Waals surface area contributed by atoms with E-state index in [0.29, 0.717) is 6.04 Å². The quantitative estimate of drug-likeness (QED) is 0.358. The molecule has 0 aliphatic carbocycles. The summed E-state index contributed by atoms with van der Waals surface area (Å²) in [6, 6.07) is 0.587. The van der Waals surface area contributed by atoms with Crippen LogP contribution in [0.3, 0.4) is 0 Å². The van der Waals surface area contributed by atoms with Crippen molar-refractivity contribution in [3.05, 3.63) is 0 Å². The third-order valence-corrected chi connectivity index (χ3v) is 2.52. The lowest BCUT2D eigenvalue weighted by Gasteiger charge is -2.09. The normalized spacial score (nSPS) is 11.3. The summed E-state index contributed by atoms with van der Waals surface area (Å²) >= 11 is 0. The predicted octanol–water partition coefficient (Wildman–Crippen LogP) is 0.553. The van der Waals surface area contributed by atoms with Crippen molar-refractivity contribution >= 4 is 0 Å². The van der Waals surface area contributed by atoms with E-state index in [1.165, 1.54) is 12.8 Å². The zero-order valence-electron chi connectivity index (χ0n) is 11.9. The molecule has 0 spiro atoms. The number of hydrogen-bond acceptors (Lipinski definition) is 4. The molecule has 4 heteroatoms. The van der Waals surface area contributed by atoms with Crippen LogP contribution in [0.15, 0.2) is 0 Å². The summed E-state index contributed by atoms with van der Waals surface area (Å²) in [4.78, 5) is 0. The highest BCUT2D eigenvalue weighted by Crippen LogP contribution is 1.80. The van der Waals surface area contributed by atoms with Gasteiger partial charge in [-0.1, -0.05) is 27.2 Å². The molecule has 0 fully saturated rings. The Balaban J connectivity index is 2.89. The van der Waals surface area contributed by atoms with Crippen LogP contribution in [0.4, 0.5) is 0 Å². The standard InChI is InChI=1S/C13H32N4/c1-4-5-6-14-7-8-15-9-10-16-11-12-17-13(2)3/h13-17H,4-12H2,1-3H3. The zero-order valence-corrected chi connectivity index (χ0v) is 11.9. The summed E-state index contributed by atoms with van der Waals surface area (Å²) in [6.45, 7) is 14.1. The van der Waals surface area contributed by atoms with Gasteiger partial charge in [0, 0.05) is 45.3 Å². The van der Waals surface area contributed by atoms with Gasteiger partial charge in [0.2, 0.25) is 0 Å². The average molecular weight is 244 g/mol. The summed E-state index contributed by atoms with van der Waals surface area (Å²) in [5.41, 5.74) is 0. The lowest BCUT2D eigenvalue weighted by Crippen LogP contribution is -2.36. The zero-order chi connectivity index (χ0) is 12.8. The molecule has 0 saturated carbocycles. The maximum atomic E-state index is 3.42. The molecule has 0 radical (unpaired) electrons. The van der Waals surface area contributed by atoms with Gasteiger partial charge in [-0.05, 0) is 13.0 Å². The molecule has 0 rings (SSSR count). The van der Waals surface area contributed by atoms with Crippen molar-refractivity contribution in [1.29, 1.82) is 0 Å².